The molecule has 2 aliphatic rings. The number of pyridine rings is 1. The van der Waals surface area contributed by atoms with Crippen molar-refractivity contribution in [1.82, 2.24) is 15.0 Å². The van der Waals surface area contributed by atoms with Crippen molar-refractivity contribution in [3.63, 3.8) is 0 Å². The summed E-state index contributed by atoms with van der Waals surface area (Å²) in [5.74, 6) is 3.12. The van der Waals surface area contributed by atoms with Gasteiger partial charge in [-0.15, -0.1) is 0 Å². The monoisotopic (exact) mass is 296 g/mol. The zero-order valence-corrected chi connectivity index (χ0v) is 12.6. The highest BCUT2D eigenvalue weighted by Gasteiger charge is 2.29. The summed E-state index contributed by atoms with van der Waals surface area (Å²) in [6, 6.07) is 6.01. The Morgan fingerprint density at radius 1 is 1.23 bits per heavy atom. The topological polar surface area (TPSA) is 51.1 Å². The van der Waals surface area contributed by atoms with Gasteiger partial charge in [-0.25, -0.2) is 9.97 Å². The van der Waals surface area contributed by atoms with Crippen LogP contribution in [0, 0.1) is 5.92 Å². The maximum Gasteiger partial charge on any atom is 0.137 e. The number of anilines is 1. The van der Waals surface area contributed by atoms with Gasteiger partial charge in [-0.2, -0.15) is 0 Å². The van der Waals surface area contributed by atoms with Crippen molar-refractivity contribution in [1.29, 1.82) is 0 Å². The number of hydrogen-bond acceptors (Lipinski definition) is 5. The highest BCUT2D eigenvalue weighted by Crippen LogP contribution is 2.36. The molecule has 2 aromatic heterocycles. The Morgan fingerprint density at radius 2 is 2.14 bits per heavy atom. The van der Waals surface area contributed by atoms with Gasteiger partial charge in [0.05, 0.1) is 12.8 Å². The van der Waals surface area contributed by atoms with Gasteiger partial charge in [-0.3, -0.25) is 4.98 Å². The molecule has 5 nitrogen and oxygen atoms in total. The predicted octanol–water partition coefficient (Wildman–Crippen LogP) is 2.65. The van der Waals surface area contributed by atoms with Crippen LogP contribution in [-0.4, -0.2) is 34.6 Å². The van der Waals surface area contributed by atoms with Crippen LogP contribution in [-0.2, 0) is 0 Å². The molecule has 0 amide bonds. The third-order valence-corrected chi connectivity index (χ3v) is 4.60. The summed E-state index contributed by atoms with van der Waals surface area (Å²) in [5.41, 5.74) is 1.21. The highest BCUT2D eigenvalue weighted by molar-refractivity contribution is 5.43. The van der Waals surface area contributed by atoms with Crippen LogP contribution in [0.1, 0.15) is 30.9 Å². The third-order valence-electron chi connectivity index (χ3n) is 4.60. The minimum Gasteiger partial charge on any atom is -0.492 e. The van der Waals surface area contributed by atoms with E-state index in [2.05, 4.69) is 25.9 Å². The molecule has 1 aliphatic carbocycles. The molecule has 0 atom stereocenters. The van der Waals surface area contributed by atoms with Crippen molar-refractivity contribution in [2.75, 3.05) is 24.6 Å². The zero-order chi connectivity index (χ0) is 14.8. The quantitative estimate of drug-likeness (QED) is 0.849. The molecule has 0 aromatic carbocycles. The Labute approximate surface area is 130 Å². The summed E-state index contributed by atoms with van der Waals surface area (Å²) in [6.45, 7) is 2.74. The Balaban J connectivity index is 1.29. The molecular weight excluding hydrogens is 276 g/mol. The molecule has 1 saturated heterocycles. The Kier molecular flexibility index (Phi) is 3.62. The summed E-state index contributed by atoms with van der Waals surface area (Å²) in [4.78, 5) is 15.2. The minimum atomic E-state index is 0.558. The minimum absolute atomic E-state index is 0.558. The Hall–Kier alpha value is -2.17. The molecule has 2 aromatic rings. The molecule has 22 heavy (non-hydrogen) atoms. The second kappa shape index (κ2) is 5.91. The first-order chi connectivity index (χ1) is 10.9. The van der Waals surface area contributed by atoms with Crippen LogP contribution in [0.5, 0.6) is 5.75 Å². The van der Waals surface area contributed by atoms with Gasteiger partial charge in [0, 0.05) is 42.9 Å². The first kappa shape index (κ1) is 13.5. The SMILES string of the molecule is c1cncc(OCC2CN(c3cc(C4CCC4)ncn3)C2)c1. The van der Waals surface area contributed by atoms with Crippen molar-refractivity contribution >= 4 is 5.82 Å². The van der Waals surface area contributed by atoms with Gasteiger partial charge in [0.1, 0.15) is 17.9 Å². The number of ether oxygens (including phenoxy) is 1. The normalized spacial score (nSPS) is 18.6. The molecule has 114 valence electrons. The maximum atomic E-state index is 5.76. The Bertz CT molecular complexity index is 624. The Morgan fingerprint density at radius 3 is 2.86 bits per heavy atom. The van der Waals surface area contributed by atoms with Crippen LogP contribution in [0.25, 0.3) is 0 Å². The second-order valence-electron chi connectivity index (χ2n) is 6.20. The lowest BCUT2D eigenvalue weighted by Gasteiger charge is -2.40. The van der Waals surface area contributed by atoms with Crippen molar-refractivity contribution < 1.29 is 4.74 Å². The number of rotatable bonds is 5. The van der Waals surface area contributed by atoms with E-state index in [4.69, 9.17) is 4.74 Å². The summed E-state index contributed by atoms with van der Waals surface area (Å²) in [5, 5.41) is 0. The molecule has 0 bridgehead atoms. The first-order valence-electron chi connectivity index (χ1n) is 7.98. The molecular formula is C17H20N4O. The zero-order valence-electron chi connectivity index (χ0n) is 12.6. The molecule has 1 saturated carbocycles. The van der Waals surface area contributed by atoms with Gasteiger partial charge in [0.25, 0.3) is 0 Å². The van der Waals surface area contributed by atoms with Crippen LogP contribution in [0.2, 0.25) is 0 Å². The third kappa shape index (κ3) is 2.75. The first-order valence-corrected chi connectivity index (χ1v) is 7.98. The lowest BCUT2D eigenvalue weighted by Crippen LogP contribution is -2.49. The fourth-order valence-corrected chi connectivity index (χ4v) is 2.97. The van der Waals surface area contributed by atoms with Crippen LogP contribution in [0.3, 0.4) is 0 Å². The number of nitrogens with zero attached hydrogens (tertiary/aromatic N) is 4. The summed E-state index contributed by atoms with van der Waals surface area (Å²) < 4.78 is 5.76. The van der Waals surface area contributed by atoms with Gasteiger partial charge < -0.3 is 9.64 Å². The maximum absolute atomic E-state index is 5.76. The van der Waals surface area contributed by atoms with E-state index in [0.29, 0.717) is 11.8 Å². The van der Waals surface area contributed by atoms with Crippen LogP contribution < -0.4 is 9.64 Å². The van der Waals surface area contributed by atoms with Gasteiger partial charge in [-0.1, -0.05) is 6.42 Å². The van der Waals surface area contributed by atoms with Crippen molar-refractivity contribution in [3.8, 4) is 5.75 Å². The van der Waals surface area contributed by atoms with E-state index in [1.54, 1.807) is 18.7 Å². The lowest BCUT2D eigenvalue weighted by atomic mass is 9.83. The molecule has 4 rings (SSSR count). The van der Waals surface area contributed by atoms with Crippen LogP contribution in [0.15, 0.2) is 36.9 Å². The van der Waals surface area contributed by atoms with Crippen molar-refractivity contribution in [2.45, 2.75) is 25.2 Å². The van der Waals surface area contributed by atoms with E-state index in [9.17, 15) is 0 Å². The van der Waals surface area contributed by atoms with Crippen LogP contribution >= 0.6 is 0 Å². The van der Waals surface area contributed by atoms with Gasteiger partial charge in [-0.05, 0) is 25.0 Å². The van der Waals surface area contributed by atoms with Crippen molar-refractivity contribution in [3.05, 3.63) is 42.6 Å². The van der Waals surface area contributed by atoms with Crippen LogP contribution in [0.4, 0.5) is 5.82 Å². The van der Waals surface area contributed by atoms with E-state index >= 15 is 0 Å². The average molecular weight is 296 g/mol. The van der Waals surface area contributed by atoms with E-state index in [-0.39, 0.29) is 0 Å². The standard InChI is InChI=1S/C17H20N4O/c1-3-14(4-1)16-7-17(20-12-19-16)21-9-13(10-21)11-22-15-5-2-6-18-8-15/h2,5-8,12-14H,1,3-4,9-11H2. The van der Waals surface area contributed by atoms with E-state index in [1.165, 1.54) is 25.0 Å². The molecule has 1 aliphatic heterocycles. The number of aromatic nitrogens is 3. The number of hydrogen-bond donors (Lipinski definition) is 0. The summed E-state index contributed by atoms with van der Waals surface area (Å²) in [7, 11) is 0. The lowest BCUT2D eigenvalue weighted by molar-refractivity contribution is 0.219. The second-order valence-corrected chi connectivity index (χ2v) is 6.20. The highest BCUT2D eigenvalue weighted by atomic mass is 16.5. The van der Waals surface area contributed by atoms with E-state index < -0.39 is 0 Å². The van der Waals surface area contributed by atoms with E-state index in [0.717, 1.165) is 31.3 Å². The summed E-state index contributed by atoms with van der Waals surface area (Å²) in [6.07, 6.45) is 9.11. The van der Waals surface area contributed by atoms with Gasteiger partial charge in [0.15, 0.2) is 0 Å². The molecule has 0 radical (unpaired) electrons. The molecule has 5 heteroatoms. The molecule has 0 unspecified atom stereocenters. The smallest absolute Gasteiger partial charge is 0.137 e. The van der Waals surface area contributed by atoms with Crippen molar-refractivity contribution in [2.24, 2.45) is 5.92 Å². The van der Waals surface area contributed by atoms with Gasteiger partial charge >= 0.3 is 0 Å². The van der Waals surface area contributed by atoms with E-state index in [1.807, 2.05) is 12.1 Å². The molecule has 3 heterocycles. The fourth-order valence-electron chi connectivity index (χ4n) is 2.97. The largest absolute Gasteiger partial charge is 0.492 e. The molecule has 0 spiro atoms. The fraction of sp³-hybridized carbons (Fsp3) is 0.471. The average Bonchev–Trinajstić information content (AvgIpc) is 2.45. The summed E-state index contributed by atoms with van der Waals surface area (Å²) >= 11 is 0. The molecule has 0 N–H and O–H groups in total. The molecule has 2 fully saturated rings. The predicted molar refractivity (Wildman–Crippen MR) is 84.1 cm³/mol. The van der Waals surface area contributed by atoms with Gasteiger partial charge in [0.2, 0.25) is 0 Å².